The third-order valence-corrected chi connectivity index (χ3v) is 1.53. The van der Waals surface area contributed by atoms with Gasteiger partial charge in [0.05, 0.1) is 0 Å². The predicted molar refractivity (Wildman–Crippen MR) is 51.4 cm³/mol. The molecule has 0 atom stereocenters. The average molecular weight is 151 g/mol. The normalized spacial score (nSPS) is 12.8. The molecule has 0 nitrogen and oxygen atoms in total. The van der Waals surface area contributed by atoms with E-state index in [0.29, 0.717) is 0 Å². The minimum atomic E-state index is 1.17. The maximum atomic E-state index is 3.25. The zero-order valence-corrected chi connectivity index (χ0v) is 7.98. The van der Waals surface area contributed by atoms with Crippen molar-refractivity contribution in [3.63, 3.8) is 0 Å². The quantitative estimate of drug-likeness (QED) is 0.523. The Kier molecular flexibility index (Phi) is 7.23. The molecule has 0 aromatic rings. The molecule has 0 aliphatic heterocycles. The van der Waals surface area contributed by atoms with E-state index in [1.165, 1.54) is 31.3 Å². The molecule has 0 saturated heterocycles. The molecule has 1 radical (unpaired) electrons. The number of allylic oxidation sites excluding steroid dienone is 4. The van der Waals surface area contributed by atoms with E-state index in [9.17, 15) is 0 Å². The van der Waals surface area contributed by atoms with Gasteiger partial charge < -0.3 is 0 Å². The van der Waals surface area contributed by atoms with E-state index >= 15 is 0 Å². The first kappa shape index (κ1) is 10.5. The van der Waals surface area contributed by atoms with E-state index in [1.54, 1.807) is 0 Å². The summed E-state index contributed by atoms with van der Waals surface area (Å²) >= 11 is 0. The van der Waals surface area contributed by atoms with Crippen LogP contribution in [0.2, 0.25) is 0 Å². The molecule has 0 bridgehead atoms. The first-order valence-electron chi connectivity index (χ1n) is 4.55. The molecule has 0 aliphatic carbocycles. The molecule has 0 aliphatic rings. The van der Waals surface area contributed by atoms with Crippen LogP contribution >= 0.6 is 0 Å². The van der Waals surface area contributed by atoms with Crippen LogP contribution < -0.4 is 0 Å². The lowest BCUT2D eigenvalue weighted by Crippen LogP contribution is -1.73. The molecule has 0 saturated carbocycles. The van der Waals surface area contributed by atoms with Crippen molar-refractivity contribution in [2.24, 2.45) is 0 Å². The third-order valence-electron chi connectivity index (χ3n) is 1.53. The van der Waals surface area contributed by atoms with Gasteiger partial charge in [-0.1, -0.05) is 44.4 Å². The maximum absolute atomic E-state index is 3.25. The van der Waals surface area contributed by atoms with Crippen molar-refractivity contribution in [1.29, 1.82) is 0 Å². The van der Waals surface area contributed by atoms with Crippen LogP contribution in [0.5, 0.6) is 0 Å². The van der Waals surface area contributed by atoms with E-state index in [-0.39, 0.29) is 0 Å². The number of hydrogen-bond acceptors (Lipinski definition) is 0. The number of rotatable bonds is 5. The van der Waals surface area contributed by atoms with E-state index in [1.807, 2.05) is 0 Å². The highest BCUT2D eigenvalue weighted by atomic mass is 13.9. The van der Waals surface area contributed by atoms with E-state index in [0.717, 1.165) is 0 Å². The lowest BCUT2D eigenvalue weighted by Gasteiger charge is -1.92. The van der Waals surface area contributed by atoms with E-state index in [2.05, 4.69) is 39.0 Å². The molecule has 0 heterocycles. The highest BCUT2D eigenvalue weighted by Crippen LogP contribution is 2.02. The standard InChI is InChI=1S/C11H19/c1-4-6-7-8-10-11(3)9-5-2/h7-8H,4-6,9H2,1-3H3. The second-order valence-electron chi connectivity index (χ2n) is 2.87. The Bertz CT molecular complexity index is 129. The van der Waals surface area contributed by atoms with Crippen LogP contribution in [0.4, 0.5) is 0 Å². The SMILES string of the molecule is CCCC=C[C]=C(C)CCC. The molecule has 0 fully saturated rings. The summed E-state index contributed by atoms with van der Waals surface area (Å²) in [6.07, 6.45) is 12.3. The largest absolute Gasteiger partial charge is 0.0839 e. The van der Waals surface area contributed by atoms with Crippen LogP contribution in [-0.2, 0) is 0 Å². The number of hydrogen-bond donors (Lipinski definition) is 0. The van der Waals surface area contributed by atoms with Gasteiger partial charge in [0.2, 0.25) is 0 Å². The van der Waals surface area contributed by atoms with Crippen molar-refractivity contribution in [1.82, 2.24) is 0 Å². The molecule has 0 rings (SSSR count). The van der Waals surface area contributed by atoms with Gasteiger partial charge in [0.15, 0.2) is 0 Å². The highest BCUT2D eigenvalue weighted by molar-refractivity contribution is 5.03. The Hall–Kier alpha value is -0.520. The molecule has 0 spiro atoms. The van der Waals surface area contributed by atoms with Crippen LogP contribution in [0.1, 0.15) is 46.5 Å². The summed E-state index contributed by atoms with van der Waals surface area (Å²) in [7, 11) is 0. The first-order chi connectivity index (χ1) is 5.31. The van der Waals surface area contributed by atoms with Crippen LogP contribution in [-0.4, -0.2) is 0 Å². The summed E-state index contributed by atoms with van der Waals surface area (Å²) in [5.74, 6) is 0. The Balaban J connectivity index is 3.53. The van der Waals surface area contributed by atoms with E-state index < -0.39 is 0 Å². The van der Waals surface area contributed by atoms with Crippen molar-refractivity contribution < 1.29 is 0 Å². The fourth-order valence-electron chi connectivity index (χ4n) is 0.898. The Labute approximate surface area is 71.0 Å². The van der Waals surface area contributed by atoms with Crippen molar-refractivity contribution in [2.45, 2.75) is 46.5 Å². The second kappa shape index (κ2) is 7.59. The lowest BCUT2D eigenvalue weighted by atomic mass is 10.1. The molecular weight excluding hydrogens is 132 g/mol. The topological polar surface area (TPSA) is 0 Å². The van der Waals surface area contributed by atoms with Crippen LogP contribution in [0.25, 0.3) is 0 Å². The summed E-state index contributed by atoms with van der Waals surface area (Å²) in [5, 5.41) is 0. The minimum Gasteiger partial charge on any atom is -0.0839 e. The van der Waals surface area contributed by atoms with Gasteiger partial charge in [0.25, 0.3) is 0 Å². The van der Waals surface area contributed by atoms with Gasteiger partial charge in [-0.05, 0) is 25.8 Å². The fourth-order valence-corrected chi connectivity index (χ4v) is 0.898. The maximum Gasteiger partial charge on any atom is -0.0199 e. The zero-order chi connectivity index (χ0) is 8.53. The summed E-state index contributed by atoms with van der Waals surface area (Å²) in [4.78, 5) is 0. The van der Waals surface area contributed by atoms with Gasteiger partial charge in [0, 0.05) is 0 Å². The molecule has 0 aromatic carbocycles. The molecule has 0 aromatic heterocycles. The molecular formula is C11H19. The highest BCUT2D eigenvalue weighted by Gasteiger charge is 1.83. The van der Waals surface area contributed by atoms with Gasteiger partial charge in [0.1, 0.15) is 0 Å². The Morgan fingerprint density at radius 3 is 2.55 bits per heavy atom. The van der Waals surface area contributed by atoms with Gasteiger partial charge >= 0.3 is 0 Å². The van der Waals surface area contributed by atoms with Crippen molar-refractivity contribution in [3.05, 3.63) is 23.8 Å². The molecule has 0 amide bonds. The average Bonchev–Trinajstić information content (AvgIpc) is 1.99. The summed E-state index contributed by atoms with van der Waals surface area (Å²) in [6.45, 7) is 6.52. The van der Waals surface area contributed by atoms with Crippen LogP contribution in [0.15, 0.2) is 17.7 Å². The fraction of sp³-hybridized carbons (Fsp3) is 0.636. The molecule has 63 valence electrons. The Morgan fingerprint density at radius 1 is 1.27 bits per heavy atom. The van der Waals surface area contributed by atoms with Crippen molar-refractivity contribution in [2.75, 3.05) is 0 Å². The first-order valence-corrected chi connectivity index (χ1v) is 4.55. The minimum absolute atomic E-state index is 1.17. The van der Waals surface area contributed by atoms with Crippen LogP contribution in [0, 0.1) is 6.08 Å². The second-order valence-corrected chi connectivity index (χ2v) is 2.87. The third kappa shape index (κ3) is 7.38. The predicted octanol–water partition coefficient (Wildman–Crippen LogP) is 3.89. The molecule has 0 unspecified atom stereocenters. The summed E-state index contributed by atoms with van der Waals surface area (Å²) in [6, 6.07) is 0. The molecule has 11 heavy (non-hydrogen) atoms. The van der Waals surface area contributed by atoms with E-state index in [4.69, 9.17) is 0 Å². The monoisotopic (exact) mass is 151 g/mol. The van der Waals surface area contributed by atoms with Crippen molar-refractivity contribution in [3.8, 4) is 0 Å². The summed E-state index contributed by atoms with van der Waals surface area (Å²) < 4.78 is 0. The van der Waals surface area contributed by atoms with Gasteiger partial charge in [-0.2, -0.15) is 0 Å². The number of unbranched alkanes of at least 4 members (excludes halogenated alkanes) is 1. The van der Waals surface area contributed by atoms with Crippen molar-refractivity contribution >= 4 is 0 Å². The zero-order valence-electron chi connectivity index (χ0n) is 7.98. The Morgan fingerprint density at radius 2 is 2.00 bits per heavy atom. The lowest BCUT2D eigenvalue weighted by molar-refractivity contribution is 0.901. The molecule has 0 heteroatoms. The molecule has 0 N–H and O–H groups in total. The summed E-state index contributed by atoms with van der Waals surface area (Å²) in [5.41, 5.74) is 1.36. The van der Waals surface area contributed by atoms with Gasteiger partial charge in [-0.15, -0.1) is 0 Å². The van der Waals surface area contributed by atoms with Gasteiger partial charge in [-0.3, -0.25) is 0 Å². The van der Waals surface area contributed by atoms with Gasteiger partial charge in [-0.25, -0.2) is 0 Å². The smallest absolute Gasteiger partial charge is 0.0199 e. The van der Waals surface area contributed by atoms with Crippen LogP contribution in [0.3, 0.4) is 0 Å².